The minimum Gasteiger partial charge on any atom is -0.309 e. The molecule has 0 bridgehead atoms. The molecule has 0 unspecified atom stereocenters. The number of rotatable bonds is 3. The maximum Gasteiger partial charge on any atom is 0.191 e. The normalized spacial score (nSPS) is 10.7. The van der Waals surface area contributed by atoms with Crippen molar-refractivity contribution in [2.75, 3.05) is 0 Å². The summed E-state index contributed by atoms with van der Waals surface area (Å²) in [6.45, 7) is 1.93. The van der Waals surface area contributed by atoms with E-state index in [1.165, 1.54) is 0 Å². The smallest absolute Gasteiger partial charge is 0.191 e. The van der Waals surface area contributed by atoms with Gasteiger partial charge in [0.1, 0.15) is 11.0 Å². The van der Waals surface area contributed by atoms with Crippen molar-refractivity contribution in [3.05, 3.63) is 34.9 Å². The van der Waals surface area contributed by atoms with Crippen LogP contribution >= 0.6 is 23.4 Å². The van der Waals surface area contributed by atoms with Crippen LogP contribution in [-0.4, -0.2) is 19.7 Å². The average Bonchev–Trinajstić information content (AvgIpc) is 2.57. The summed E-state index contributed by atoms with van der Waals surface area (Å²) in [7, 11) is 1.96. The summed E-state index contributed by atoms with van der Waals surface area (Å²) in [6, 6.07) is 3.81. The van der Waals surface area contributed by atoms with Crippen LogP contribution in [0.15, 0.2) is 23.5 Å². The largest absolute Gasteiger partial charge is 0.309 e. The molecule has 0 saturated carbocycles. The predicted molar refractivity (Wildman–Crippen MR) is 64.5 cm³/mol. The maximum absolute atomic E-state index is 5.81. The molecule has 0 amide bonds. The standard InChI is InChI=1S/C10H11ClN4S/c1-7-13-14-10(15(7)2)16-6-8-3-4-12-9(11)5-8/h3-5H,6H2,1-2H3. The van der Waals surface area contributed by atoms with Gasteiger partial charge in [0, 0.05) is 19.0 Å². The highest BCUT2D eigenvalue weighted by Gasteiger charge is 2.05. The van der Waals surface area contributed by atoms with Crippen molar-refractivity contribution in [2.24, 2.45) is 7.05 Å². The third-order valence-electron chi connectivity index (χ3n) is 2.21. The summed E-state index contributed by atoms with van der Waals surface area (Å²) in [5, 5.41) is 9.51. The molecule has 0 aliphatic heterocycles. The summed E-state index contributed by atoms with van der Waals surface area (Å²) in [5.74, 6) is 1.73. The molecule has 2 aromatic rings. The molecule has 16 heavy (non-hydrogen) atoms. The number of hydrogen-bond donors (Lipinski definition) is 0. The van der Waals surface area contributed by atoms with Gasteiger partial charge in [-0.25, -0.2) is 4.98 Å². The Morgan fingerprint density at radius 3 is 2.88 bits per heavy atom. The van der Waals surface area contributed by atoms with Crippen molar-refractivity contribution in [3.63, 3.8) is 0 Å². The average molecular weight is 255 g/mol. The number of thioether (sulfide) groups is 1. The quantitative estimate of drug-likeness (QED) is 0.623. The third-order valence-corrected chi connectivity index (χ3v) is 3.51. The van der Waals surface area contributed by atoms with E-state index in [0.717, 1.165) is 22.3 Å². The first-order chi connectivity index (χ1) is 7.66. The molecule has 6 heteroatoms. The van der Waals surface area contributed by atoms with Gasteiger partial charge in [-0.15, -0.1) is 10.2 Å². The maximum atomic E-state index is 5.81. The van der Waals surface area contributed by atoms with E-state index in [0.29, 0.717) is 5.15 Å². The molecule has 0 aromatic carbocycles. The van der Waals surface area contributed by atoms with Crippen molar-refractivity contribution in [2.45, 2.75) is 17.8 Å². The van der Waals surface area contributed by atoms with E-state index in [9.17, 15) is 0 Å². The van der Waals surface area contributed by atoms with Gasteiger partial charge in [0.05, 0.1) is 0 Å². The first-order valence-corrected chi connectivity index (χ1v) is 6.12. The zero-order valence-electron chi connectivity index (χ0n) is 9.01. The van der Waals surface area contributed by atoms with Crippen LogP contribution in [0, 0.1) is 6.92 Å². The van der Waals surface area contributed by atoms with E-state index in [2.05, 4.69) is 15.2 Å². The number of nitrogens with zero attached hydrogens (tertiary/aromatic N) is 4. The lowest BCUT2D eigenvalue weighted by Gasteiger charge is -2.01. The van der Waals surface area contributed by atoms with Crippen LogP contribution in [0.1, 0.15) is 11.4 Å². The van der Waals surface area contributed by atoms with Crippen LogP contribution in [0.2, 0.25) is 5.15 Å². The molecule has 2 heterocycles. The lowest BCUT2D eigenvalue weighted by molar-refractivity contribution is 0.765. The molecule has 0 fully saturated rings. The lowest BCUT2D eigenvalue weighted by Crippen LogP contribution is -1.93. The number of pyridine rings is 1. The molecular formula is C10H11ClN4S. The minimum atomic E-state index is 0.521. The van der Waals surface area contributed by atoms with Crippen LogP contribution in [-0.2, 0) is 12.8 Å². The summed E-state index contributed by atoms with van der Waals surface area (Å²) < 4.78 is 1.97. The van der Waals surface area contributed by atoms with Gasteiger partial charge in [0.25, 0.3) is 0 Å². The number of halogens is 1. The molecular weight excluding hydrogens is 244 g/mol. The van der Waals surface area contributed by atoms with Gasteiger partial charge >= 0.3 is 0 Å². The Balaban J connectivity index is 2.05. The van der Waals surface area contributed by atoms with Crippen LogP contribution in [0.3, 0.4) is 0 Å². The van der Waals surface area contributed by atoms with Crippen molar-refractivity contribution < 1.29 is 0 Å². The van der Waals surface area contributed by atoms with E-state index in [1.807, 2.05) is 30.7 Å². The lowest BCUT2D eigenvalue weighted by atomic mass is 10.3. The Bertz CT molecular complexity index is 497. The molecule has 2 aromatic heterocycles. The summed E-state index contributed by atoms with van der Waals surface area (Å²) in [6.07, 6.45) is 1.71. The van der Waals surface area contributed by atoms with Crippen molar-refractivity contribution >= 4 is 23.4 Å². The van der Waals surface area contributed by atoms with E-state index in [1.54, 1.807) is 18.0 Å². The number of aryl methyl sites for hydroxylation is 1. The Labute approximate surface area is 103 Å². The molecule has 0 saturated heterocycles. The molecule has 0 N–H and O–H groups in total. The van der Waals surface area contributed by atoms with E-state index >= 15 is 0 Å². The molecule has 0 spiro atoms. The van der Waals surface area contributed by atoms with Crippen LogP contribution in [0.4, 0.5) is 0 Å². The third kappa shape index (κ3) is 2.54. The highest BCUT2D eigenvalue weighted by Crippen LogP contribution is 2.21. The van der Waals surface area contributed by atoms with Gasteiger partial charge in [-0.2, -0.15) is 0 Å². The summed E-state index contributed by atoms with van der Waals surface area (Å²) in [5.41, 5.74) is 1.13. The first kappa shape index (κ1) is 11.4. The Morgan fingerprint density at radius 2 is 2.25 bits per heavy atom. The minimum absolute atomic E-state index is 0.521. The van der Waals surface area contributed by atoms with E-state index in [-0.39, 0.29) is 0 Å². The van der Waals surface area contributed by atoms with Gasteiger partial charge in [0.15, 0.2) is 5.16 Å². The van der Waals surface area contributed by atoms with Crippen LogP contribution in [0.25, 0.3) is 0 Å². The topological polar surface area (TPSA) is 43.6 Å². The number of aromatic nitrogens is 4. The zero-order chi connectivity index (χ0) is 11.5. The predicted octanol–water partition coefficient (Wildman–Crippen LogP) is 2.46. The van der Waals surface area contributed by atoms with Crippen LogP contribution < -0.4 is 0 Å². The first-order valence-electron chi connectivity index (χ1n) is 4.76. The monoisotopic (exact) mass is 254 g/mol. The molecule has 2 rings (SSSR count). The van der Waals surface area contributed by atoms with E-state index in [4.69, 9.17) is 11.6 Å². The zero-order valence-corrected chi connectivity index (χ0v) is 10.6. The molecule has 84 valence electrons. The fourth-order valence-corrected chi connectivity index (χ4v) is 2.29. The fraction of sp³-hybridized carbons (Fsp3) is 0.300. The van der Waals surface area contributed by atoms with Gasteiger partial charge in [-0.05, 0) is 24.6 Å². The Hall–Kier alpha value is -1.07. The highest BCUT2D eigenvalue weighted by atomic mass is 35.5. The van der Waals surface area contributed by atoms with Crippen molar-refractivity contribution in [1.29, 1.82) is 0 Å². The van der Waals surface area contributed by atoms with Crippen molar-refractivity contribution in [3.8, 4) is 0 Å². The molecule has 0 aliphatic rings. The van der Waals surface area contributed by atoms with Crippen LogP contribution in [0.5, 0.6) is 0 Å². The van der Waals surface area contributed by atoms with E-state index < -0.39 is 0 Å². The summed E-state index contributed by atoms with van der Waals surface area (Å²) >= 11 is 7.44. The van der Waals surface area contributed by atoms with Gasteiger partial charge < -0.3 is 4.57 Å². The Morgan fingerprint density at radius 1 is 1.44 bits per heavy atom. The second-order valence-corrected chi connectivity index (χ2v) is 4.69. The highest BCUT2D eigenvalue weighted by molar-refractivity contribution is 7.98. The molecule has 0 aliphatic carbocycles. The summed E-state index contributed by atoms with van der Waals surface area (Å²) in [4.78, 5) is 3.94. The second kappa shape index (κ2) is 4.84. The number of hydrogen-bond acceptors (Lipinski definition) is 4. The molecule has 4 nitrogen and oxygen atoms in total. The van der Waals surface area contributed by atoms with Gasteiger partial charge in [-0.1, -0.05) is 23.4 Å². The Kier molecular flexibility index (Phi) is 3.46. The van der Waals surface area contributed by atoms with Gasteiger partial charge in [0.2, 0.25) is 0 Å². The molecule has 0 atom stereocenters. The van der Waals surface area contributed by atoms with Gasteiger partial charge in [-0.3, -0.25) is 0 Å². The molecule has 0 radical (unpaired) electrons. The SMILES string of the molecule is Cc1nnc(SCc2ccnc(Cl)c2)n1C. The second-order valence-electron chi connectivity index (χ2n) is 3.36. The fourth-order valence-electron chi connectivity index (χ4n) is 1.19. The van der Waals surface area contributed by atoms with Crippen molar-refractivity contribution in [1.82, 2.24) is 19.7 Å².